The maximum atomic E-state index is 11.7. The second-order valence-corrected chi connectivity index (χ2v) is 5.69. The molecule has 0 spiro atoms. The van der Waals surface area contributed by atoms with Crippen LogP contribution >= 0.6 is 11.3 Å². The van der Waals surface area contributed by atoms with Crippen LogP contribution < -0.4 is 5.32 Å². The molecule has 0 unspecified atom stereocenters. The number of nitrogens with one attached hydrogen (secondary N) is 1. The van der Waals surface area contributed by atoms with Crippen molar-refractivity contribution in [3.05, 3.63) is 16.1 Å². The van der Waals surface area contributed by atoms with E-state index in [1.54, 1.807) is 11.3 Å². The molecule has 1 amide bonds. The van der Waals surface area contributed by atoms with Crippen molar-refractivity contribution in [2.24, 2.45) is 5.92 Å². The third-order valence-electron chi connectivity index (χ3n) is 3.25. The smallest absolute Gasteiger partial charge is 0.220 e. The number of amides is 1. The minimum atomic E-state index is 0.146. The molecule has 2 rings (SSSR count). The molecular weight excluding hydrogens is 248 g/mol. The fraction of sp³-hybridized carbons (Fsp3) is 0.692. The Bertz CT molecular complexity index is 386. The summed E-state index contributed by atoms with van der Waals surface area (Å²) in [5.41, 5.74) is 2.93. The van der Waals surface area contributed by atoms with E-state index in [4.69, 9.17) is 4.74 Å². The lowest BCUT2D eigenvalue weighted by atomic mass is 9.98. The van der Waals surface area contributed by atoms with Crippen molar-refractivity contribution in [3.63, 3.8) is 0 Å². The molecule has 1 atom stereocenters. The molecule has 0 aliphatic carbocycles. The number of hydrogen-bond acceptors (Lipinski definition) is 4. The first-order valence-corrected chi connectivity index (χ1v) is 7.37. The van der Waals surface area contributed by atoms with Gasteiger partial charge >= 0.3 is 0 Å². The van der Waals surface area contributed by atoms with E-state index in [0.717, 1.165) is 38.2 Å². The molecular formula is C13H20N2O2S. The number of rotatable bonds is 5. The molecule has 1 aliphatic rings. The molecule has 4 nitrogen and oxygen atoms in total. The standard InChI is InChI=1S/C13H20N2O2S/c1-10-12(18-9-15-10)4-5-14-13(16)7-11-3-2-6-17-8-11/h9,11H,2-8H2,1H3,(H,14,16)/t11-/m1/s1. The Morgan fingerprint density at radius 1 is 1.67 bits per heavy atom. The number of nitrogens with zero attached hydrogens (tertiary/aromatic N) is 1. The Labute approximate surface area is 112 Å². The summed E-state index contributed by atoms with van der Waals surface area (Å²) in [4.78, 5) is 17.2. The van der Waals surface area contributed by atoms with E-state index < -0.39 is 0 Å². The zero-order chi connectivity index (χ0) is 12.8. The van der Waals surface area contributed by atoms with Crippen LogP contribution in [0.2, 0.25) is 0 Å². The SMILES string of the molecule is Cc1ncsc1CCNC(=O)C[C@H]1CCCOC1. The van der Waals surface area contributed by atoms with Crippen molar-refractivity contribution in [1.82, 2.24) is 10.3 Å². The number of aryl methyl sites for hydroxylation is 1. The van der Waals surface area contributed by atoms with Crippen molar-refractivity contribution < 1.29 is 9.53 Å². The fourth-order valence-electron chi connectivity index (χ4n) is 2.18. The van der Waals surface area contributed by atoms with Crippen LogP contribution in [-0.2, 0) is 16.0 Å². The van der Waals surface area contributed by atoms with Gasteiger partial charge in [-0.2, -0.15) is 0 Å². The van der Waals surface area contributed by atoms with Crippen molar-refractivity contribution in [2.45, 2.75) is 32.6 Å². The van der Waals surface area contributed by atoms with Crippen molar-refractivity contribution in [2.75, 3.05) is 19.8 Å². The van der Waals surface area contributed by atoms with Crippen molar-refractivity contribution in [3.8, 4) is 0 Å². The predicted octanol–water partition coefficient (Wildman–Crippen LogP) is 1.93. The van der Waals surface area contributed by atoms with Crippen molar-refractivity contribution >= 4 is 17.2 Å². The van der Waals surface area contributed by atoms with Gasteiger partial charge in [0.25, 0.3) is 0 Å². The second kappa shape index (κ2) is 6.85. The zero-order valence-electron chi connectivity index (χ0n) is 10.8. The highest BCUT2D eigenvalue weighted by molar-refractivity contribution is 7.09. The van der Waals surface area contributed by atoms with Gasteiger partial charge in [-0.1, -0.05) is 0 Å². The first-order valence-electron chi connectivity index (χ1n) is 6.49. The highest BCUT2D eigenvalue weighted by Gasteiger charge is 2.17. The van der Waals surface area contributed by atoms with E-state index in [0.29, 0.717) is 18.9 Å². The minimum Gasteiger partial charge on any atom is -0.381 e. The minimum absolute atomic E-state index is 0.146. The highest BCUT2D eigenvalue weighted by Crippen LogP contribution is 2.17. The van der Waals surface area contributed by atoms with Crippen LogP contribution in [0.25, 0.3) is 0 Å². The summed E-state index contributed by atoms with van der Waals surface area (Å²) in [6.45, 7) is 4.30. The average Bonchev–Trinajstić information content (AvgIpc) is 2.76. The Kier molecular flexibility index (Phi) is 5.13. The van der Waals surface area contributed by atoms with E-state index in [1.807, 2.05) is 12.4 Å². The van der Waals surface area contributed by atoms with Crippen LogP contribution in [0, 0.1) is 12.8 Å². The van der Waals surface area contributed by atoms with Gasteiger partial charge in [0.2, 0.25) is 5.91 Å². The molecule has 0 saturated carbocycles. The molecule has 0 bridgehead atoms. The number of aromatic nitrogens is 1. The van der Waals surface area contributed by atoms with E-state index in [-0.39, 0.29) is 5.91 Å². The first kappa shape index (κ1) is 13.5. The Morgan fingerprint density at radius 3 is 3.22 bits per heavy atom. The summed E-state index contributed by atoms with van der Waals surface area (Å²) >= 11 is 1.65. The molecule has 1 N–H and O–H groups in total. The fourth-order valence-corrected chi connectivity index (χ4v) is 2.97. The third kappa shape index (κ3) is 4.07. The van der Waals surface area contributed by atoms with Crippen LogP contribution in [0.15, 0.2) is 5.51 Å². The van der Waals surface area contributed by atoms with Gasteiger partial charge in [0.1, 0.15) is 0 Å². The Hall–Kier alpha value is -0.940. The molecule has 0 aromatic carbocycles. The number of hydrogen-bond donors (Lipinski definition) is 1. The number of thiazole rings is 1. The highest BCUT2D eigenvalue weighted by atomic mass is 32.1. The van der Waals surface area contributed by atoms with Gasteiger partial charge in [-0.25, -0.2) is 4.98 Å². The second-order valence-electron chi connectivity index (χ2n) is 4.75. The molecule has 18 heavy (non-hydrogen) atoms. The molecule has 1 fully saturated rings. The maximum absolute atomic E-state index is 11.7. The van der Waals surface area contributed by atoms with Crippen LogP contribution in [0.3, 0.4) is 0 Å². The van der Waals surface area contributed by atoms with Crippen molar-refractivity contribution in [1.29, 1.82) is 0 Å². The Balaban J connectivity index is 1.64. The zero-order valence-corrected chi connectivity index (χ0v) is 11.6. The summed E-state index contributed by atoms with van der Waals surface area (Å²) in [6.07, 6.45) is 3.67. The summed E-state index contributed by atoms with van der Waals surface area (Å²) in [7, 11) is 0. The van der Waals surface area contributed by atoms with Gasteiger partial charge in [-0.15, -0.1) is 11.3 Å². The number of carbonyl (C=O) groups is 1. The van der Waals surface area contributed by atoms with Gasteiger partial charge in [0.15, 0.2) is 0 Å². The normalized spacial score (nSPS) is 19.7. The van der Waals surface area contributed by atoms with Crippen LogP contribution in [0.1, 0.15) is 29.8 Å². The maximum Gasteiger partial charge on any atom is 0.220 e. The number of ether oxygens (including phenoxy) is 1. The molecule has 1 aromatic rings. The molecule has 2 heterocycles. The largest absolute Gasteiger partial charge is 0.381 e. The molecule has 1 aromatic heterocycles. The lowest BCUT2D eigenvalue weighted by Gasteiger charge is -2.21. The van der Waals surface area contributed by atoms with Crippen LogP contribution in [0.4, 0.5) is 0 Å². The number of carbonyl (C=O) groups excluding carboxylic acids is 1. The van der Waals surface area contributed by atoms with Gasteiger partial charge in [-0.05, 0) is 25.7 Å². The molecule has 1 saturated heterocycles. The van der Waals surface area contributed by atoms with Gasteiger partial charge in [-0.3, -0.25) is 4.79 Å². The summed E-state index contributed by atoms with van der Waals surface area (Å²) < 4.78 is 5.38. The summed E-state index contributed by atoms with van der Waals surface area (Å²) in [5.74, 6) is 0.552. The molecule has 0 radical (unpaired) electrons. The van der Waals surface area contributed by atoms with Crippen LogP contribution in [0.5, 0.6) is 0 Å². The monoisotopic (exact) mass is 268 g/mol. The third-order valence-corrected chi connectivity index (χ3v) is 4.24. The topological polar surface area (TPSA) is 51.2 Å². The van der Waals surface area contributed by atoms with E-state index in [2.05, 4.69) is 10.3 Å². The van der Waals surface area contributed by atoms with Gasteiger partial charge < -0.3 is 10.1 Å². The molecule has 1 aliphatic heterocycles. The molecule has 5 heteroatoms. The van der Waals surface area contributed by atoms with Gasteiger partial charge in [0, 0.05) is 37.5 Å². The quantitative estimate of drug-likeness (QED) is 0.887. The summed E-state index contributed by atoms with van der Waals surface area (Å²) in [6, 6.07) is 0. The Morgan fingerprint density at radius 2 is 2.56 bits per heavy atom. The predicted molar refractivity (Wildman–Crippen MR) is 71.7 cm³/mol. The lowest BCUT2D eigenvalue weighted by molar-refractivity contribution is -0.123. The van der Waals surface area contributed by atoms with Gasteiger partial charge in [0.05, 0.1) is 11.2 Å². The first-order chi connectivity index (χ1) is 8.75. The van der Waals surface area contributed by atoms with E-state index >= 15 is 0 Å². The summed E-state index contributed by atoms with van der Waals surface area (Å²) in [5, 5.41) is 2.98. The molecule has 100 valence electrons. The lowest BCUT2D eigenvalue weighted by Crippen LogP contribution is -2.30. The average molecular weight is 268 g/mol. The van der Waals surface area contributed by atoms with E-state index in [1.165, 1.54) is 4.88 Å². The van der Waals surface area contributed by atoms with E-state index in [9.17, 15) is 4.79 Å². The van der Waals surface area contributed by atoms with Crippen LogP contribution in [-0.4, -0.2) is 30.6 Å².